The maximum absolute atomic E-state index is 6.97. The molecule has 2 bridgehead atoms. The first-order chi connectivity index (χ1) is 19.9. The van der Waals surface area contributed by atoms with E-state index in [0.717, 1.165) is 13.1 Å². The third-order valence-corrected chi connectivity index (χ3v) is 13.0. The summed E-state index contributed by atoms with van der Waals surface area (Å²) in [5.41, 5.74) is 3.12. The Balaban J connectivity index is 1.35. The Labute approximate surface area is 248 Å². The van der Waals surface area contributed by atoms with Crippen LogP contribution < -0.4 is 15.9 Å². The fraction of sp³-hybridized carbons (Fsp3) is 0.368. The van der Waals surface area contributed by atoms with Crippen LogP contribution in [0.15, 0.2) is 115 Å². The normalized spacial score (nSPS) is 24.8. The molecule has 2 saturated carbocycles. The lowest BCUT2D eigenvalue weighted by molar-refractivity contribution is -0.0896. The first-order valence-corrected chi connectivity index (χ1v) is 16.7. The molecule has 2 fully saturated rings. The van der Waals surface area contributed by atoms with Crippen LogP contribution in [0.1, 0.15) is 51.7 Å². The highest BCUT2D eigenvalue weighted by Gasteiger charge is 2.67. The van der Waals surface area contributed by atoms with Gasteiger partial charge in [-0.3, -0.25) is 4.90 Å². The van der Waals surface area contributed by atoms with Gasteiger partial charge in [0.15, 0.2) is 0 Å². The second-order valence-corrected chi connectivity index (χ2v) is 14.9. The van der Waals surface area contributed by atoms with Gasteiger partial charge in [0.2, 0.25) is 0 Å². The van der Waals surface area contributed by atoms with Gasteiger partial charge in [-0.05, 0) is 65.7 Å². The monoisotopic (exact) mass is 561 g/mol. The average Bonchev–Trinajstić information content (AvgIpc) is 3.34. The lowest BCUT2D eigenvalue weighted by Crippen LogP contribution is -2.50. The molecule has 2 aliphatic carbocycles. The second kappa shape index (κ2) is 11.8. The van der Waals surface area contributed by atoms with Crippen molar-refractivity contribution < 1.29 is 4.74 Å². The standard InChI is InChI=1S/C38H44NOP/c1-5-39(35-33-25-26-38(4,37(33,2)3)36(35)40-28-29-17-9-6-10-18-29)27-30-19-15-16-24-34(30)41(31-20-11-7-12-21-31)32-22-13-8-14-23-32/h6-24,33,35-36H,5,25-28H2,1-4H3/t33-,35-,36-,38+/m1/s1. The van der Waals surface area contributed by atoms with Gasteiger partial charge in [0.05, 0.1) is 12.7 Å². The highest BCUT2D eigenvalue weighted by molar-refractivity contribution is 7.79. The maximum Gasteiger partial charge on any atom is 0.0796 e. The smallest absolute Gasteiger partial charge is 0.0796 e. The predicted molar refractivity (Wildman–Crippen MR) is 175 cm³/mol. The summed E-state index contributed by atoms with van der Waals surface area (Å²) in [4.78, 5) is 2.76. The van der Waals surface area contributed by atoms with Gasteiger partial charge in [-0.25, -0.2) is 0 Å². The van der Waals surface area contributed by atoms with Crippen LogP contribution in [0.25, 0.3) is 0 Å². The zero-order valence-corrected chi connectivity index (χ0v) is 25.9. The molecule has 0 amide bonds. The van der Waals surface area contributed by atoms with Gasteiger partial charge in [0.1, 0.15) is 0 Å². The van der Waals surface area contributed by atoms with E-state index in [2.05, 4.69) is 148 Å². The molecule has 2 nitrogen and oxygen atoms in total. The van der Waals surface area contributed by atoms with Gasteiger partial charge >= 0.3 is 0 Å². The zero-order chi connectivity index (χ0) is 28.5. The van der Waals surface area contributed by atoms with Gasteiger partial charge in [-0.1, -0.05) is 143 Å². The summed E-state index contributed by atoms with van der Waals surface area (Å²) in [7, 11) is -0.656. The molecule has 0 N–H and O–H groups in total. The Kier molecular flexibility index (Phi) is 8.19. The molecule has 0 saturated heterocycles. The summed E-state index contributed by atoms with van der Waals surface area (Å²) in [5.74, 6) is 0.630. The molecular formula is C38H44NOP. The average molecular weight is 562 g/mol. The van der Waals surface area contributed by atoms with Crippen LogP contribution in [0.2, 0.25) is 0 Å². The van der Waals surface area contributed by atoms with Crippen molar-refractivity contribution in [2.45, 2.75) is 65.8 Å². The summed E-state index contributed by atoms with van der Waals surface area (Å²) >= 11 is 0. The van der Waals surface area contributed by atoms with E-state index in [9.17, 15) is 0 Å². The molecule has 0 radical (unpaired) electrons. The first kappa shape index (κ1) is 28.4. The Bertz CT molecular complexity index is 1380. The van der Waals surface area contributed by atoms with E-state index in [0.29, 0.717) is 18.6 Å². The van der Waals surface area contributed by atoms with Gasteiger partial charge in [-0.2, -0.15) is 0 Å². The first-order valence-electron chi connectivity index (χ1n) is 15.3. The molecule has 0 unspecified atom stereocenters. The van der Waals surface area contributed by atoms with E-state index >= 15 is 0 Å². The molecular weight excluding hydrogens is 517 g/mol. The number of hydrogen-bond acceptors (Lipinski definition) is 2. The van der Waals surface area contributed by atoms with Crippen molar-refractivity contribution in [1.29, 1.82) is 0 Å². The van der Waals surface area contributed by atoms with E-state index in [4.69, 9.17) is 4.74 Å². The minimum atomic E-state index is -0.656. The van der Waals surface area contributed by atoms with Crippen LogP contribution in [0.4, 0.5) is 0 Å². The maximum atomic E-state index is 6.97. The van der Waals surface area contributed by atoms with Crippen LogP contribution in [-0.4, -0.2) is 23.6 Å². The SMILES string of the molecule is CCN(Cc1ccccc1P(c1ccccc1)c1ccccc1)[C@@H]1[C@H]2CC[C@@](C)([C@@H]1OCc1ccccc1)C2(C)C. The number of ether oxygens (including phenoxy) is 1. The van der Waals surface area contributed by atoms with Crippen molar-refractivity contribution in [3.05, 3.63) is 126 Å². The third kappa shape index (κ3) is 5.20. The summed E-state index contributed by atoms with van der Waals surface area (Å²) in [6.45, 7) is 12.5. The van der Waals surface area contributed by atoms with Gasteiger partial charge in [0.25, 0.3) is 0 Å². The number of benzene rings is 4. The molecule has 2 aliphatic rings. The second-order valence-electron chi connectivity index (χ2n) is 12.7. The highest BCUT2D eigenvalue weighted by Crippen LogP contribution is 2.67. The van der Waals surface area contributed by atoms with Gasteiger partial charge in [-0.15, -0.1) is 0 Å². The molecule has 4 atom stereocenters. The molecule has 0 aliphatic heterocycles. The Hall–Kier alpha value is -2.77. The van der Waals surface area contributed by atoms with Crippen molar-refractivity contribution in [2.24, 2.45) is 16.7 Å². The largest absolute Gasteiger partial charge is 0.371 e. The quantitative estimate of drug-likeness (QED) is 0.184. The van der Waals surface area contributed by atoms with Crippen LogP contribution >= 0.6 is 7.92 Å². The van der Waals surface area contributed by atoms with Crippen molar-refractivity contribution in [1.82, 2.24) is 4.90 Å². The van der Waals surface area contributed by atoms with E-state index < -0.39 is 7.92 Å². The molecule has 212 valence electrons. The van der Waals surface area contributed by atoms with E-state index in [1.165, 1.54) is 39.9 Å². The number of fused-ring (bicyclic) bond motifs is 2. The van der Waals surface area contributed by atoms with Crippen LogP contribution in [0.5, 0.6) is 0 Å². The lowest BCUT2D eigenvalue weighted by atomic mass is 9.70. The zero-order valence-electron chi connectivity index (χ0n) is 25.0. The molecule has 0 heterocycles. The third-order valence-electron chi connectivity index (χ3n) is 10.5. The Morgan fingerprint density at radius 3 is 1.93 bits per heavy atom. The van der Waals surface area contributed by atoms with E-state index in [-0.39, 0.29) is 16.9 Å². The molecule has 0 aromatic heterocycles. The number of nitrogens with zero attached hydrogens (tertiary/aromatic N) is 1. The fourth-order valence-corrected chi connectivity index (χ4v) is 10.3. The van der Waals surface area contributed by atoms with Crippen molar-refractivity contribution in [3.8, 4) is 0 Å². The molecule has 4 aromatic rings. The Morgan fingerprint density at radius 1 is 0.756 bits per heavy atom. The van der Waals surface area contributed by atoms with E-state index in [1.807, 2.05) is 0 Å². The number of rotatable bonds is 10. The predicted octanol–water partition coefficient (Wildman–Crippen LogP) is 7.68. The summed E-state index contributed by atoms with van der Waals surface area (Å²) in [5, 5.41) is 4.28. The molecule has 0 spiro atoms. The molecule has 41 heavy (non-hydrogen) atoms. The molecule has 4 aromatic carbocycles. The van der Waals surface area contributed by atoms with E-state index in [1.54, 1.807) is 0 Å². The summed E-state index contributed by atoms with van der Waals surface area (Å²) in [6, 6.07) is 42.5. The number of hydrogen-bond donors (Lipinski definition) is 0. The minimum absolute atomic E-state index is 0.171. The fourth-order valence-electron chi connectivity index (χ4n) is 7.84. The number of likely N-dealkylation sites (N-methyl/N-ethyl adjacent to an activating group) is 1. The minimum Gasteiger partial charge on any atom is -0.371 e. The highest BCUT2D eigenvalue weighted by atomic mass is 31.1. The van der Waals surface area contributed by atoms with Crippen LogP contribution in [-0.2, 0) is 17.9 Å². The van der Waals surface area contributed by atoms with Gasteiger partial charge < -0.3 is 4.74 Å². The van der Waals surface area contributed by atoms with Crippen molar-refractivity contribution in [2.75, 3.05) is 6.54 Å². The van der Waals surface area contributed by atoms with Crippen LogP contribution in [0, 0.1) is 16.7 Å². The molecule has 6 rings (SSSR count). The summed E-state index contributed by atoms with van der Waals surface area (Å²) in [6.07, 6.45) is 2.76. The van der Waals surface area contributed by atoms with Gasteiger partial charge in [0, 0.05) is 18.0 Å². The summed E-state index contributed by atoms with van der Waals surface area (Å²) < 4.78 is 6.97. The lowest BCUT2D eigenvalue weighted by Gasteiger charge is -2.43. The molecule has 3 heteroatoms. The Morgan fingerprint density at radius 2 is 1.32 bits per heavy atom. The van der Waals surface area contributed by atoms with Crippen molar-refractivity contribution >= 4 is 23.8 Å². The van der Waals surface area contributed by atoms with Crippen LogP contribution in [0.3, 0.4) is 0 Å². The topological polar surface area (TPSA) is 12.5 Å². The van der Waals surface area contributed by atoms with Crippen molar-refractivity contribution in [3.63, 3.8) is 0 Å².